The molecule has 5 aromatic heterocycles. The van der Waals surface area contributed by atoms with Gasteiger partial charge in [0.15, 0.2) is 5.54 Å². The summed E-state index contributed by atoms with van der Waals surface area (Å²) in [5.74, 6) is 0.298. The zero-order valence-electron chi connectivity index (χ0n) is 37.1. The Morgan fingerprint density at radius 1 is 0.478 bits per heavy atom. The van der Waals surface area contributed by atoms with Crippen molar-refractivity contribution in [2.75, 3.05) is 0 Å². The van der Waals surface area contributed by atoms with Crippen molar-refractivity contribution in [2.24, 2.45) is 7.05 Å². The Morgan fingerprint density at radius 3 is 1.55 bits per heavy atom. The van der Waals surface area contributed by atoms with Gasteiger partial charge in [-0.3, -0.25) is 19.9 Å². The first kappa shape index (κ1) is 41.1. The molecule has 0 saturated carbocycles. The molecule has 67 heavy (non-hydrogen) atoms. The van der Waals surface area contributed by atoms with Crippen LogP contribution in [0.2, 0.25) is 0 Å². The molecule has 3 atom stereocenters. The number of pyridine rings is 4. The predicted molar refractivity (Wildman–Crippen MR) is 256 cm³/mol. The monoisotopic (exact) mass is 1040 g/mol. The molecule has 3 aliphatic rings. The fourth-order valence-electron chi connectivity index (χ4n) is 11.7. The largest absolute Gasteiger partial charge is 0.354 e. The minimum atomic E-state index is -0.948. The van der Waals surface area contributed by atoms with Crippen LogP contribution in [0.25, 0.3) is 33.4 Å². The molecule has 13 rings (SSSR count). The number of hydrogen-bond donors (Lipinski definition) is 0. The summed E-state index contributed by atoms with van der Waals surface area (Å²) in [6.45, 7) is 4.47. The van der Waals surface area contributed by atoms with Crippen LogP contribution in [0.15, 0.2) is 195 Å². The average molecular weight is 1040 g/mol. The van der Waals surface area contributed by atoms with E-state index in [4.69, 9.17) is 19.9 Å². The van der Waals surface area contributed by atoms with Crippen molar-refractivity contribution in [2.45, 2.75) is 36.1 Å². The summed E-state index contributed by atoms with van der Waals surface area (Å²) in [7, 11) is 2.01. The fraction of sp³-hybridized carbons (Fsp3) is 0.117. The van der Waals surface area contributed by atoms with Gasteiger partial charge in [0, 0.05) is 73.5 Å². The number of hydrogen-bond acceptors (Lipinski definition) is 4. The van der Waals surface area contributed by atoms with Crippen molar-refractivity contribution in [3.63, 3.8) is 0 Å². The molecular weight excluding hydrogens is 1000 g/mol. The van der Waals surface area contributed by atoms with Crippen molar-refractivity contribution < 1.29 is 25.6 Å². The molecule has 0 amide bonds. The van der Waals surface area contributed by atoms with Crippen molar-refractivity contribution >= 4 is 0 Å². The Hall–Kier alpha value is -7.40. The topological polar surface area (TPSA) is 60.4 Å². The average Bonchev–Trinajstić information content (AvgIpc) is 4.11. The standard InChI is InChI=1S/C60H42N6.Pt/c1-39(2)40-28-32-61-54(35-40)59(52-26-8-5-20-46(52)49-23-13-30-63-56(49)59)43-17-10-15-41(36-43)58(51-25-7-4-19-45(51)48-22-12-29-62-55(48)58)42-16-11-18-44(37-42)60(66-34-33-65(3)38-66)53-27-9-6-21-47(53)50-24-14-31-64-57(50)60;/h4-35,39H,1-3H3;/q-2;. The second-order valence-electron chi connectivity index (χ2n) is 18.0. The van der Waals surface area contributed by atoms with Gasteiger partial charge in [0.1, 0.15) is 5.69 Å². The number of fused-ring (bicyclic) bond motifs is 9. The predicted octanol–water partition coefficient (Wildman–Crippen LogP) is 11.0. The molecule has 6 nitrogen and oxygen atoms in total. The summed E-state index contributed by atoms with van der Waals surface area (Å²) in [4.78, 5) is 21.1. The number of rotatable bonds is 7. The van der Waals surface area contributed by atoms with E-state index in [0.29, 0.717) is 5.92 Å². The van der Waals surface area contributed by atoms with Gasteiger partial charge in [-0.15, -0.1) is 22.3 Å². The molecule has 0 bridgehead atoms. The number of aromatic nitrogens is 6. The maximum atomic E-state index is 5.37. The van der Waals surface area contributed by atoms with Gasteiger partial charge in [-0.05, 0) is 82.0 Å². The van der Waals surface area contributed by atoms with Crippen LogP contribution in [0.3, 0.4) is 0 Å². The SMILES string of the molecule is CC(C)c1ccnc(C2(c3[c-]c(C4(c5[c-]c(C6(n7[c-][n+](C)cc7)c7ccccc7-c7cccnc76)ccc5)c5ccccc5-c5cccnc54)ccc3)c3ccccc3-c3cccnc32)c1.[Pt]. The first-order valence-electron chi connectivity index (χ1n) is 22.6. The van der Waals surface area contributed by atoms with Gasteiger partial charge in [0.05, 0.1) is 29.5 Å². The summed E-state index contributed by atoms with van der Waals surface area (Å²) < 4.78 is 4.15. The van der Waals surface area contributed by atoms with E-state index in [1.807, 2.05) is 60.8 Å². The van der Waals surface area contributed by atoms with Crippen LogP contribution < -0.4 is 4.57 Å². The van der Waals surface area contributed by atoms with Gasteiger partial charge < -0.3 is 9.13 Å². The van der Waals surface area contributed by atoms with E-state index in [1.165, 1.54) is 5.56 Å². The normalized spacial score (nSPS) is 19.2. The Labute approximate surface area is 405 Å². The molecule has 0 saturated heterocycles. The molecule has 0 aliphatic heterocycles. The van der Waals surface area contributed by atoms with Crippen LogP contribution >= 0.6 is 0 Å². The number of aryl methyl sites for hydroxylation is 1. The van der Waals surface area contributed by atoms with Crippen LogP contribution in [-0.4, -0.2) is 24.5 Å². The third-order valence-electron chi connectivity index (χ3n) is 14.4. The maximum Gasteiger partial charge on any atom is 0.204 e. The van der Waals surface area contributed by atoms with Gasteiger partial charge in [0.25, 0.3) is 0 Å². The zero-order chi connectivity index (χ0) is 44.2. The third kappa shape index (κ3) is 5.45. The minimum Gasteiger partial charge on any atom is -0.354 e. The van der Waals surface area contributed by atoms with Crippen molar-refractivity contribution in [1.29, 1.82) is 0 Å². The van der Waals surface area contributed by atoms with Crippen molar-refractivity contribution in [3.8, 4) is 33.4 Å². The number of imidazole rings is 1. The summed E-state index contributed by atoms with van der Waals surface area (Å²) in [6, 6.07) is 64.9. The second kappa shape index (κ2) is 15.3. The molecule has 0 radical (unpaired) electrons. The Morgan fingerprint density at radius 2 is 0.955 bits per heavy atom. The first-order valence-corrected chi connectivity index (χ1v) is 22.6. The first-order chi connectivity index (χ1) is 32.5. The molecule has 0 fully saturated rings. The van der Waals surface area contributed by atoms with E-state index in [2.05, 4.69) is 183 Å². The Bertz CT molecular complexity index is 3450. The van der Waals surface area contributed by atoms with Gasteiger partial charge >= 0.3 is 0 Å². The molecule has 0 N–H and O–H groups in total. The van der Waals surface area contributed by atoms with E-state index < -0.39 is 16.4 Å². The van der Waals surface area contributed by atoms with Gasteiger partial charge in [-0.1, -0.05) is 105 Å². The van der Waals surface area contributed by atoms with E-state index in [9.17, 15) is 0 Å². The van der Waals surface area contributed by atoms with Crippen LogP contribution in [0.1, 0.15) is 87.0 Å². The van der Waals surface area contributed by atoms with Gasteiger partial charge in [-0.25, -0.2) is 0 Å². The van der Waals surface area contributed by atoms with Crippen LogP contribution in [0, 0.1) is 18.5 Å². The second-order valence-corrected chi connectivity index (χ2v) is 18.0. The maximum absolute atomic E-state index is 5.37. The number of nitrogens with zero attached hydrogens (tertiary/aromatic N) is 6. The minimum absolute atomic E-state index is 0. The zero-order valence-corrected chi connectivity index (χ0v) is 39.3. The summed E-state index contributed by atoms with van der Waals surface area (Å²) >= 11 is 0. The molecule has 7 heteroatoms. The molecule has 5 heterocycles. The van der Waals surface area contributed by atoms with Crippen LogP contribution in [0.5, 0.6) is 0 Å². The van der Waals surface area contributed by atoms with E-state index >= 15 is 0 Å². The van der Waals surface area contributed by atoms with Crippen molar-refractivity contribution in [3.05, 3.63) is 281 Å². The Kier molecular flexibility index (Phi) is 9.40. The third-order valence-corrected chi connectivity index (χ3v) is 14.4. The Balaban J connectivity index is 0.00000468. The van der Waals surface area contributed by atoms with Crippen LogP contribution in [0.4, 0.5) is 0 Å². The van der Waals surface area contributed by atoms with E-state index in [0.717, 1.165) is 95.1 Å². The van der Waals surface area contributed by atoms with Crippen molar-refractivity contribution in [1.82, 2.24) is 24.5 Å². The molecule has 3 aliphatic carbocycles. The van der Waals surface area contributed by atoms with Gasteiger partial charge in [0.2, 0.25) is 6.33 Å². The summed E-state index contributed by atoms with van der Waals surface area (Å²) in [6.07, 6.45) is 15.5. The van der Waals surface area contributed by atoms with E-state index in [-0.39, 0.29) is 21.1 Å². The molecule has 10 aromatic rings. The molecule has 0 spiro atoms. The molecule has 324 valence electrons. The quantitative estimate of drug-likeness (QED) is 0.118. The molecule has 5 aromatic carbocycles. The number of benzene rings is 5. The van der Waals surface area contributed by atoms with Gasteiger partial charge in [-0.2, -0.15) is 48.5 Å². The fourth-order valence-corrected chi connectivity index (χ4v) is 11.7. The summed E-state index contributed by atoms with van der Waals surface area (Å²) in [5.41, 5.74) is 16.2. The smallest absolute Gasteiger partial charge is 0.204 e. The molecular formula is C60H42N6Pt-2. The summed E-state index contributed by atoms with van der Waals surface area (Å²) in [5, 5.41) is 0. The van der Waals surface area contributed by atoms with E-state index in [1.54, 1.807) is 0 Å². The molecule has 3 unspecified atom stereocenters. The van der Waals surface area contributed by atoms with Crippen LogP contribution in [-0.2, 0) is 44.5 Å².